The Hall–Kier alpha value is -1.88. The Labute approximate surface area is 125 Å². The van der Waals surface area contributed by atoms with E-state index >= 15 is 0 Å². The molecule has 114 valence electrons. The molecule has 21 heavy (non-hydrogen) atoms. The molecule has 5 heteroatoms. The fraction of sp³-hybridized carbons (Fsp3) is 0.438. The van der Waals surface area contributed by atoms with Crippen LogP contribution in [0.25, 0.3) is 0 Å². The zero-order valence-corrected chi connectivity index (χ0v) is 12.6. The number of anilines is 1. The average molecular weight is 291 g/mol. The Morgan fingerprint density at radius 3 is 2.95 bits per heavy atom. The highest BCUT2D eigenvalue weighted by atomic mass is 19.1. The van der Waals surface area contributed by atoms with E-state index in [9.17, 15) is 4.39 Å². The number of hydrogen-bond acceptors (Lipinski definition) is 3. The smallest absolute Gasteiger partial charge is 0.203 e. The molecule has 1 aromatic carbocycles. The zero-order valence-electron chi connectivity index (χ0n) is 12.6. The van der Waals surface area contributed by atoms with Gasteiger partial charge in [0.15, 0.2) is 0 Å². The van der Waals surface area contributed by atoms with Crippen LogP contribution in [0.1, 0.15) is 31.9 Å². The van der Waals surface area contributed by atoms with E-state index in [1.165, 1.54) is 6.07 Å². The third-order valence-electron chi connectivity index (χ3n) is 3.32. The summed E-state index contributed by atoms with van der Waals surface area (Å²) >= 11 is 0. The molecule has 1 heterocycles. The second kappa shape index (κ2) is 7.78. The van der Waals surface area contributed by atoms with Crippen molar-refractivity contribution in [2.45, 2.75) is 32.9 Å². The number of ether oxygens (including phenoxy) is 1. The van der Waals surface area contributed by atoms with Crippen molar-refractivity contribution in [2.24, 2.45) is 0 Å². The molecule has 0 spiro atoms. The van der Waals surface area contributed by atoms with Crippen LogP contribution in [0.3, 0.4) is 0 Å². The molecule has 0 saturated heterocycles. The number of hydrogen-bond donors (Lipinski definition) is 1. The summed E-state index contributed by atoms with van der Waals surface area (Å²) in [4.78, 5) is 4.30. The Bertz CT molecular complexity index is 556. The Balaban J connectivity index is 1.97. The van der Waals surface area contributed by atoms with Crippen molar-refractivity contribution in [1.82, 2.24) is 9.55 Å². The molecule has 0 saturated carbocycles. The summed E-state index contributed by atoms with van der Waals surface area (Å²) < 4.78 is 21.1. The Morgan fingerprint density at radius 1 is 1.38 bits per heavy atom. The van der Waals surface area contributed by atoms with E-state index in [-0.39, 0.29) is 11.9 Å². The van der Waals surface area contributed by atoms with Gasteiger partial charge in [0.2, 0.25) is 5.95 Å². The fourth-order valence-electron chi connectivity index (χ4n) is 2.21. The fourth-order valence-corrected chi connectivity index (χ4v) is 2.21. The van der Waals surface area contributed by atoms with Crippen molar-refractivity contribution in [1.29, 1.82) is 0 Å². The summed E-state index contributed by atoms with van der Waals surface area (Å²) in [5.41, 5.74) is 0.640. The van der Waals surface area contributed by atoms with Crippen molar-refractivity contribution in [2.75, 3.05) is 18.5 Å². The number of aryl methyl sites for hydroxylation is 1. The zero-order chi connectivity index (χ0) is 15.1. The highest BCUT2D eigenvalue weighted by Crippen LogP contribution is 2.20. The van der Waals surface area contributed by atoms with Crippen LogP contribution in [0, 0.1) is 5.82 Å². The van der Waals surface area contributed by atoms with Gasteiger partial charge in [0, 0.05) is 37.7 Å². The molecule has 1 atom stereocenters. The van der Waals surface area contributed by atoms with Gasteiger partial charge >= 0.3 is 0 Å². The van der Waals surface area contributed by atoms with Gasteiger partial charge in [-0.2, -0.15) is 0 Å². The molecular formula is C16H22FN3O. The molecule has 1 unspecified atom stereocenters. The van der Waals surface area contributed by atoms with Crippen LogP contribution in [0.4, 0.5) is 10.3 Å². The molecule has 0 fully saturated rings. The lowest BCUT2D eigenvalue weighted by atomic mass is 10.1. The van der Waals surface area contributed by atoms with Crippen LogP contribution in [-0.4, -0.2) is 22.8 Å². The Morgan fingerprint density at radius 2 is 2.19 bits per heavy atom. The van der Waals surface area contributed by atoms with Crippen LogP contribution in [0.15, 0.2) is 36.7 Å². The lowest BCUT2D eigenvalue weighted by molar-refractivity contribution is 0.142. The molecule has 2 aromatic rings. The van der Waals surface area contributed by atoms with E-state index in [0.717, 1.165) is 32.1 Å². The van der Waals surface area contributed by atoms with Gasteiger partial charge in [0.05, 0.1) is 6.04 Å². The van der Waals surface area contributed by atoms with Crippen molar-refractivity contribution >= 4 is 5.95 Å². The summed E-state index contributed by atoms with van der Waals surface area (Å²) in [7, 11) is 0. The monoisotopic (exact) mass is 291 g/mol. The molecular weight excluding hydrogens is 269 g/mol. The maximum atomic E-state index is 13.8. The van der Waals surface area contributed by atoms with Crippen molar-refractivity contribution in [3.8, 4) is 0 Å². The first kappa shape index (κ1) is 15.5. The molecule has 2 rings (SSSR count). The van der Waals surface area contributed by atoms with Crippen LogP contribution < -0.4 is 5.32 Å². The minimum atomic E-state index is -0.202. The van der Waals surface area contributed by atoms with Gasteiger partial charge < -0.3 is 14.6 Å². The van der Waals surface area contributed by atoms with Crippen LogP contribution in [-0.2, 0) is 11.3 Å². The first-order valence-electron chi connectivity index (χ1n) is 7.32. The van der Waals surface area contributed by atoms with Gasteiger partial charge in [0.25, 0.3) is 0 Å². The number of aromatic nitrogens is 2. The minimum absolute atomic E-state index is 0.140. The standard InChI is InChI=1S/C16H22FN3O/c1-3-21-12-6-10-20-11-9-18-16(20)19-13(2)14-7-4-5-8-15(14)17/h4-5,7-9,11,13H,3,6,10,12H2,1-2H3,(H,18,19). The van der Waals surface area contributed by atoms with Crippen LogP contribution in [0.2, 0.25) is 0 Å². The summed E-state index contributed by atoms with van der Waals surface area (Å²) in [5.74, 6) is 0.550. The summed E-state index contributed by atoms with van der Waals surface area (Å²) in [6, 6.07) is 6.65. The molecule has 0 aliphatic carbocycles. The summed E-state index contributed by atoms with van der Waals surface area (Å²) in [6.45, 7) is 6.21. The number of nitrogens with zero attached hydrogens (tertiary/aromatic N) is 2. The number of rotatable bonds is 8. The number of nitrogens with one attached hydrogen (secondary N) is 1. The van der Waals surface area contributed by atoms with Crippen molar-refractivity contribution in [3.05, 3.63) is 48.0 Å². The van der Waals surface area contributed by atoms with Gasteiger partial charge in [0.1, 0.15) is 5.82 Å². The maximum Gasteiger partial charge on any atom is 0.203 e. The molecule has 0 aliphatic heterocycles. The van der Waals surface area contributed by atoms with E-state index in [2.05, 4.69) is 10.3 Å². The third kappa shape index (κ3) is 4.29. The number of halogens is 1. The van der Waals surface area contributed by atoms with E-state index in [1.54, 1.807) is 18.3 Å². The second-order valence-corrected chi connectivity index (χ2v) is 4.88. The highest BCUT2D eigenvalue weighted by Gasteiger charge is 2.12. The van der Waals surface area contributed by atoms with E-state index < -0.39 is 0 Å². The van der Waals surface area contributed by atoms with E-state index in [1.807, 2.05) is 30.7 Å². The quantitative estimate of drug-likeness (QED) is 0.755. The van der Waals surface area contributed by atoms with Crippen LogP contribution >= 0.6 is 0 Å². The predicted octanol–water partition coefficient (Wildman–Crippen LogP) is 3.62. The van der Waals surface area contributed by atoms with Gasteiger partial charge in [-0.05, 0) is 26.3 Å². The van der Waals surface area contributed by atoms with E-state index in [0.29, 0.717) is 5.56 Å². The van der Waals surface area contributed by atoms with Crippen molar-refractivity contribution in [3.63, 3.8) is 0 Å². The number of imidazole rings is 1. The molecule has 1 N–H and O–H groups in total. The molecule has 0 radical (unpaired) electrons. The maximum absolute atomic E-state index is 13.8. The largest absolute Gasteiger partial charge is 0.382 e. The van der Waals surface area contributed by atoms with Gasteiger partial charge in [-0.1, -0.05) is 18.2 Å². The first-order valence-corrected chi connectivity index (χ1v) is 7.32. The number of benzene rings is 1. The average Bonchev–Trinajstić information content (AvgIpc) is 2.91. The first-order chi connectivity index (χ1) is 10.2. The van der Waals surface area contributed by atoms with Gasteiger partial charge in [-0.3, -0.25) is 0 Å². The third-order valence-corrected chi connectivity index (χ3v) is 3.32. The highest BCUT2D eigenvalue weighted by molar-refractivity contribution is 5.33. The summed E-state index contributed by atoms with van der Waals surface area (Å²) in [5, 5.41) is 3.26. The minimum Gasteiger partial charge on any atom is -0.382 e. The van der Waals surface area contributed by atoms with E-state index in [4.69, 9.17) is 4.74 Å². The molecule has 0 amide bonds. The normalized spacial score (nSPS) is 12.3. The predicted molar refractivity (Wildman–Crippen MR) is 81.8 cm³/mol. The molecule has 4 nitrogen and oxygen atoms in total. The summed E-state index contributed by atoms with van der Waals surface area (Å²) in [6.07, 6.45) is 4.59. The lowest BCUT2D eigenvalue weighted by Crippen LogP contribution is -2.13. The van der Waals surface area contributed by atoms with Gasteiger partial charge in [-0.15, -0.1) is 0 Å². The molecule has 1 aromatic heterocycles. The Kier molecular flexibility index (Phi) is 5.75. The van der Waals surface area contributed by atoms with Gasteiger partial charge in [-0.25, -0.2) is 9.37 Å². The topological polar surface area (TPSA) is 39.1 Å². The lowest BCUT2D eigenvalue weighted by Gasteiger charge is -2.17. The van der Waals surface area contributed by atoms with Crippen molar-refractivity contribution < 1.29 is 9.13 Å². The second-order valence-electron chi connectivity index (χ2n) is 4.88. The molecule has 0 bridgehead atoms. The SMILES string of the molecule is CCOCCCn1ccnc1NC(C)c1ccccc1F. The molecule has 0 aliphatic rings. The van der Waals surface area contributed by atoms with Crippen LogP contribution in [0.5, 0.6) is 0 Å².